The third kappa shape index (κ3) is 2.84. The minimum atomic E-state index is -0.981. The normalized spacial score (nSPS) is 10.2. The molecule has 0 aliphatic carbocycles. The lowest BCUT2D eigenvalue weighted by molar-refractivity contribution is 0.0696. The Bertz CT molecular complexity index is 517. The van der Waals surface area contributed by atoms with E-state index in [1.807, 2.05) is 19.1 Å². The molecule has 0 aromatic carbocycles. The number of anilines is 1. The summed E-state index contributed by atoms with van der Waals surface area (Å²) in [4.78, 5) is 14.6. The lowest BCUT2D eigenvalue weighted by atomic mass is 10.3. The van der Waals surface area contributed by atoms with E-state index in [-0.39, 0.29) is 5.56 Å². The molecule has 2 heterocycles. The molecule has 0 saturated carbocycles. The van der Waals surface area contributed by atoms with Gasteiger partial charge in [-0.3, -0.25) is 0 Å². The van der Waals surface area contributed by atoms with Crippen molar-refractivity contribution in [2.45, 2.75) is 13.5 Å². The Hall–Kier alpha value is -2.30. The SMILES string of the molecule is Cc1ccc(CNc2ccc(C(=O)O)cn2)o1. The largest absolute Gasteiger partial charge is 0.478 e. The fraction of sp³-hybridized carbons (Fsp3) is 0.167. The number of nitrogens with one attached hydrogen (secondary N) is 1. The van der Waals surface area contributed by atoms with Crippen LogP contribution in [0.4, 0.5) is 5.82 Å². The van der Waals surface area contributed by atoms with E-state index in [0.717, 1.165) is 11.5 Å². The number of pyridine rings is 1. The second-order valence-corrected chi connectivity index (χ2v) is 3.60. The number of nitrogens with zero attached hydrogens (tertiary/aromatic N) is 1. The quantitative estimate of drug-likeness (QED) is 0.845. The molecule has 17 heavy (non-hydrogen) atoms. The van der Waals surface area contributed by atoms with Gasteiger partial charge in [-0.1, -0.05) is 0 Å². The van der Waals surface area contributed by atoms with E-state index in [1.54, 1.807) is 6.07 Å². The van der Waals surface area contributed by atoms with Crippen LogP contribution in [0.5, 0.6) is 0 Å². The number of rotatable bonds is 4. The molecule has 2 rings (SSSR count). The van der Waals surface area contributed by atoms with Gasteiger partial charge < -0.3 is 14.8 Å². The van der Waals surface area contributed by atoms with Crippen LogP contribution in [0.25, 0.3) is 0 Å². The van der Waals surface area contributed by atoms with Gasteiger partial charge in [0, 0.05) is 6.20 Å². The maximum atomic E-state index is 10.6. The topological polar surface area (TPSA) is 75.4 Å². The Morgan fingerprint density at radius 2 is 2.24 bits per heavy atom. The van der Waals surface area contributed by atoms with Crippen LogP contribution in [0.1, 0.15) is 21.9 Å². The summed E-state index contributed by atoms with van der Waals surface area (Å²) in [5, 5.41) is 11.8. The maximum absolute atomic E-state index is 10.6. The van der Waals surface area contributed by atoms with Crippen LogP contribution >= 0.6 is 0 Å². The van der Waals surface area contributed by atoms with E-state index in [9.17, 15) is 4.79 Å². The highest BCUT2D eigenvalue weighted by atomic mass is 16.4. The molecule has 2 N–H and O–H groups in total. The number of hydrogen-bond acceptors (Lipinski definition) is 4. The van der Waals surface area contributed by atoms with E-state index >= 15 is 0 Å². The summed E-state index contributed by atoms with van der Waals surface area (Å²) in [7, 11) is 0. The van der Waals surface area contributed by atoms with Crippen molar-refractivity contribution in [2.75, 3.05) is 5.32 Å². The highest BCUT2D eigenvalue weighted by Gasteiger charge is 2.03. The third-order valence-electron chi connectivity index (χ3n) is 2.25. The molecule has 0 saturated heterocycles. The van der Waals surface area contributed by atoms with Gasteiger partial charge in [-0.2, -0.15) is 0 Å². The Balaban J connectivity index is 1.97. The van der Waals surface area contributed by atoms with Crippen molar-refractivity contribution in [3.05, 3.63) is 47.5 Å². The van der Waals surface area contributed by atoms with Crippen molar-refractivity contribution < 1.29 is 14.3 Å². The fourth-order valence-electron chi connectivity index (χ4n) is 1.38. The minimum Gasteiger partial charge on any atom is -0.478 e. The molecule has 88 valence electrons. The van der Waals surface area contributed by atoms with Gasteiger partial charge in [0.05, 0.1) is 12.1 Å². The molecule has 5 heteroatoms. The molecular weight excluding hydrogens is 220 g/mol. The van der Waals surface area contributed by atoms with Gasteiger partial charge in [0.2, 0.25) is 0 Å². The van der Waals surface area contributed by atoms with E-state index in [4.69, 9.17) is 9.52 Å². The van der Waals surface area contributed by atoms with E-state index in [0.29, 0.717) is 12.4 Å². The van der Waals surface area contributed by atoms with Crippen molar-refractivity contribution in [1.29, 1.82) is 0 Å². The lowest BCUT2D eigenvalue weighted by Crippen LogP contribution is -2.02. The van der Waals surface area contributed by atoms with Gasteiger partial charge in [0.15, 0.2) is 0 Å². The molecule has 0 unspecified atom stereocenters. The Labute approximate surface area is 98.1 Å². The van der Waals surface area contributed by atoms with E-state index in [2.05, 4.69) is 10.3 Å². The summed E-state index contributed by atoms with van der Waals surface area (Å²) in [5.41, 5.74) is 0.171. The molecule has 0 spiro atoms. The van der Waals surface area contributed by atoms with Crippen LogP contribution in [0.15, 0.2) is 34.9 Å². The first kappa shape index (κ1) is 11.2. The minimum absolute atomic E-state index is 0.171. The lowest BCUT2D eigenvalue weighted by Gasteiger charge is -2.03. The second-order valence-electron chi connectivity index (χ2n) is 3.60. The summed E-state index contributed by atoms with van der Waals surface area (Å²) in [6.07, 6.45) is 1.32. The highest BCUT2D eigenvalue weighted by Crippen LogP contribution is 2.10. The van der Waals surface area contributed by atoms with Gasteiger partial charge in [-0.25, -0.2) is 9.78 Å². The second kappa shape index (κ2) is 4.69. The number of carboxylic acids is 1. The van der Waals surface area contributed by atoms with Crippen LogP contribution in [-0.4, -0.2) is 16.1 Å². The molecular formula is C12H12N2O3. The van der Waals surface area contributed by atoms with Crippen molar-refractivity contribution in [3.63, 3.8) is 0 Å². The Kier molecular flexibility index (Phi) is 3.09. The Morgan fingerprint density at radius 1 is 1.41 bits per heavy atom. The Morgan fingerprint density at radius 3 is 2.76 bits per heavy atom. The molecule has 0 amide bonds. The van der Waals surface area contributed by atoms with Crippen LogP contribution in [-0.2, 0) is 6.54 Å². The van der Waals surface area contributed by atoms with Crippen molar-refractivity contribution in [3.8, 4) is 0 Å². The summed E-state index contributed by atoms with van der Waals surface area (Å²) >= 11 is 0. The van der Waals surface area contributed by atoms with Gasteiger partial charge in [0.1, 0.15) is 17.3 Å². The van der Waals surface area contributed by atoms with Crippen molar-refractivity contribution in [1.82, 2.24) is 4.98 Å². The average molecular weight is 232 g/mol. The zero-order valence-electron chi connectivity index (χ0n) is 9.30. The molecule has 0 aliphatic heterocycles. The summed E-state index contributed by atoms with van der Waals surface area (Å²) in [6, 6.07) is 6.90. The van der Waals surface area contributed by atoms with Crippen molar-refractivity contribution >= 4 is 11.8 Å². The number of aromatic nitrogens is 1. The molecule has 5 nitrogen and oxygen atoms in total. The molecule has 2 aromatic heterocycles. The van der Waals surface area contributed by atoms with Gasteiger partial charge in [-0.15, -0.1) is 0 Å². The van der Waals surface area contributed by atoms with Crippen molar-refractivity contribution in [2.24, 2.45) is 0 Å². The van der Waals surface area contributed by atoms with Crippen LogP contribution in [0.2, 0.25) is 0 Å². The predicted octanol–water partition coefficient (Wildman–Crippen LogP) is 2.29. The van der Waals surface area contributed by atoms with Crippen LogP contribution < -0.4 is 5.32 Å². The highest BCUT2D eigenvalue weighted by molar-refractivity contribution is 5.87. The monoisotopic (exact) mass is 232 g/mol. The summed E-state index contributed by atoms with van der Waals surface area (Å²) in [6.45, 7) is 2.40. The first-order chi connectivity index (χ1) is 8.15. The zero-order valence-corrected chi connectivity index (χ0v) is 9.30. The van der Waals surface area contributed by atoms with Gasteiger partial charge in [-0.05, 0) is 31.2 Å². The summed E-state index contributed by atoms with van der Waals surface area (Å²) < 4.78 is 5.38. The standard InChI is InChI=1S/C12H12N2O3/c1-8-2-4-10(17-8)7-14-11-5-3-9(6-13-11)12(15)16/h2-6H,7H2,1H3,(H,13,14)(H,15,16). The number of carbonyl (C=O) groups is 1. The molecule has 0 aliphatic rings. The predicted molar refractivity (Wildman–Crippen MR) is 62.0 cm³/mol. The number of aryl methyl sites for hydroxylation is 1. The molecule has 0 atom stereocenters. The molecule has 0 radical (unpaired) electrons. The van der Waals surface area contributed by atoms with Crippen LogP contribution in [0, 0.1) is 6.92 Å². The maximum Gasteiger partial charge on any atom is 0.337 e. The van der Waals surface area contributed by atoms with Gasteiger partial charge >= 0.3 is 5.97 Å². The number of hydrogen-bond donors (Lipinski definition) is 2. The van der Waals surface area contributed by atoms with Gasteiger partial charge in [0.25, 0.3) is 0 Å². The van der Waals surface area contributed by atoms with E-state index < -0.39 is 5.97 Å². The third-order valence-corrected chi connectivity index (χ3v) is 2.25. The van der Waals surface area contributed by atoms with Crippen LogP contribution in [0.3, 0.4) is 0 Å². The average Bonchev–Trinajstić information content (AvgIpc) is 2.73. The number of carboxylic acid groups (broad SMARTS) is 1. The first-order valence-electron chi connectivity index (χ1n) is 5.13. The smallest absolute Gasteiger partial charge is 0.337 e. The number of aromatic carboxylic acids is 1. The van der Waals surface area contributed by atoms with E-state index in [1.165, 1.54) is 12.3 Å². The molecule has 0 fully saturated rings. The fourth-order valence-corrected chi connectivity index (χ4v) is 1.38. The molecule has 0 bridgehead atoms. The molecule has 2 aromatic rings. The number of furan rings is 1. The zero-order chi connectivity index (χ0) is 12.3. The first-order valence-corrected chi connectivity index (χ1v) is 5.13. The summed E-state index contributed by atoms with van der Waals surface area (Å²) in [5.74, 6) is 1.30.